The number of terminal acetylenes is 1. The van der Waals surface area contributed by atoms with E-state index < -0.39 is 5.60 Å². The number of amides is 1. The lowest BCUT2D eigenvalue weighted by Gasteiger charge is -2.34. The van der Waals surface area contributed by atoms with Crippen molar-refractivity contribution in [2.75, 3.05) is 44.8 Å². The highest BCUT2D eigenvalue weighted by Gasteiger charge is 2.22. The summed E-state index contributed by atoms with van der Waals surface area (Å²) in [6, 6.07) is 8.01. The van der Waals surface area contributed by atoms with Crippen molar-refractivity contribution in [3.8, 4) is 35.3 Å². The van der Waals surface area contributed by atoms with Crippen molar-refractivity contribution in [3.63, 3.8) is 0 Å². The third-order valence-corrected chi connectivity index (χ3v) is 5.92. The van der Waals surface area contributed by atoms with Crippen LogP contribution in [0.3, 0.4) is 0 Å². The Bertz CT molecular complexity index is 1270. The summed E-state index contributed by atoms with van der Waals surface area (Å²) in [5.41, 5.74) is 2.34. The first-order valence-electron chi connectivity index (χ1n) is 10.9. The fraction of sp³-hybridized carbons (Fsp3) is 0.360. The molecule has 4 rings (SSSR count). The van der Waals surface area contributed by atoms with E-state index >= 15 is 0 Å². The lowest BCUT2D eigenvalue weighted by atomic mass is 10.1. The van der Waals surface area contributed by atoms with E-state index in [1.807, 2.05) is 32.0 Å². The molecule has 1 saturated heterocycles. The van der Waals surface area contributed by atoms with Crippen LogP contribution in [0.15, 0.2) is 36.8 Å². The number of piperazine rings is 1. The van der Waals surface area contributed by atoms with Crippen molar-refractivity contribution in [3.05, 3.63) is 42.4 Å². The average Bonchev–Trinajstić information content (AvgIpc) is 3.30. The maximum Gasteiger partial charge on any atom is 0.298 e. The summed E-state index contributed by atoms with van der Waals surface area (Å²) in [5.74, 6) is 3.31. The Labute approximate surface area is 198 Å². The number of pyridine rings is 2. The normalized spacial score (nSPS) is 14.0. The number of fused-ring (bicyclic) bond motifs is 1. The zero-order valence-electron chi connectivity index (χ0n) is 19.5. The smallest absolute Gasteiger partial charge is 0.298 e. The number of hydrogen-bond donors (Lipinski definition) is 0. The van der Waals surface area contributed by atoms with Gasteiger partial charge >= 0.3 is 0 Å². The highest BCUT2D eigenvalue weighted by Crippen LogP contribution is 2.31. The lowest BCUT2D eigenvalue weighted by molar-refractivity contribution is -0.125. The molecule has 0 bridgehead atoms. The minimum atomic E-state index is -0.449. The van der Waals surface area contributed by atoms with Crippen molar-refractivity contribution < 1.29 is 14.3 Å². The van der Waals surface area contributed by atoms with Crippen LogP contribution in [0.4, 0.5) is 5.82 Å². The zero-order chi connectivity index (χ0) is 24.3. The first-order chi connectivity index (χ1) is 16.3. The number of aromatic nitrogens is 3. The Morgan fingerprint density at radius 2 is 2.00 bits per heavy atom. The number of methoxy groups -OCH3 is 1. The van der Waals surface area contributed by atoms with E-state index in [4.69, 9.17) is 15.9 Å². The number of ether oxygens (including phenoxy) is 2. The summed E-state index contributed by atoms with van der Waals surface area (Å²) in [7, 11) is 1.64. The molecular formula is C25H26N6O3. The van der Waals surface area contributed by atoms with Gasteiger partial charge in [0, 0.05) is 50.6 Å². The average molecular weight is 459 g/mol. The SMILES string of the molecule is C#CC(=O)N1CCN(c2ccc(-c3cc(OCC(C)(C)OC)cn4ncc(C#N)c34)cn2)CC1. The molecule has 1 fully saturated rings. The molecule has 9 nitrogen and oxygen atoms in total. The standard InChI is InChI=1S/C25H26N6O3/c1-5-23(32)30-10-8-29(9-11-30)22-7-6-18(14-27-22)21-12-20(34-17-25(2,3)33-4)16-31-24(21)19(13-26)15-28-31/h1,6-7,12,14-16H,8-11,17H2,2-4H3. The second-order valence-corrected chi connectivity index (χ2v) is 8.63. The molecule has 0 N–H and O–H groups in total. The third kappa shape index (κ3) is 4.66. The summed E-state index contributed by atoms with van der Waals surface area (Å²) < 4.78 is 13.1. The number of anilines is 1. The van der Waals surface area contributed by atoms with Crippen LogP contribution in [0.2, 0.25) is 0 Å². The predicted octanol–water partition coefficient (Wildman–Crippen LogP) is 2.35. The van der Waals surface area contributed by atoms with E-state index in [0.29, 0.717) is 49.6 Å². The highest BCUT2D eigenvalue weighted by atomic mass is 16.5. The van der Waals surface area contributed by atoms with Crippen molar-refractivity contribution >= 4 is 17.2 Å². The minimum absolute atomic E-state index is 0.280. The summed E-state index contributed by atoms with van der Waals surface area (Å²) in [4.78, 5) is 20.1. The highest BCUT2D eigenvalue weighted by molar-refractivity contribution is 5.93. The molecule has 0 aromatic carbocycles. The summed E-state index contributed by atoms with van der Waals surface area (Å²) >= 11 is 0. The maximum absolute atomic E-state index is 11.7. The molecule has 0 saturated carbocycles. The fourth-order valence-corrected chi connectivity index (χ4v) is 3.76. The Morgan fingerprint density at radius 1 is 1.24 bits per heavy atom. The number of rotatable bonds is 6. The number of nitrogens with zero attached hydrogens (tertiary/aromatic N) is 6. The van der Waals surface area contributed by atoms with Crippen molar-refractivity contribution in [1.82, 2.24) is 19.5 Å². The van der Waals surface area contributed by atoms with E-state index in [1.54, 1.807) is 35.1 Å². The molecule has 9 heteroatoms. The zero-order valence-corrected chi connectivity index (χ0v) is 19.5. The molecular weight excluding hydrogens is 432 g/mol. The topological polar surface area (TPSA) is 96.0 Å². The van der Waals surface area contributed by atoms with Crippen LogP contribution in [-0.2, 0) is 9.53 Å². The summed E-state index contributed by atoms with van der Waals surface area (Å²) in [6.07, 6.45) is 10.3. The maximum atomic E-state index is 11.7. The van der Waals surface area contributed by atoms with Gasteiger partial charge in [0.1, 0.15) is 24.2 Å². The largest absolute Gasteiger partial charge is 0.489 e. The Morgan fingerprint density at radius 3 is 2.62 bits per heavy atom. The second-order valence-electron chi connectivity index (χ2n) is 8.63. The molecule has 0 atom stereocenters. The first-order valence-corrected chi connectivity index (χ1v) is 10.9. The van der Waals surface area contributed by atoms with Gasteiger partial charge in [-0.2, -0.15) is 10.4 Å². The van der Waals surface area contributed by atoms with Crippen molar-refractivity contribution in [1.29, 1.82) is 5.26 Å². The van der Waals surface area contributed by atoms with Crippen LogP contribution in [0.25, 0.3) is 16.6 Å². The summed E-state index contributed by atoms with van der Waals surface area (Å²) in [5, 5.41) is 13.9. The molecule has 3 aromatic rings. The predicted molar refractivity (Wildman–Crippen MR) is 127 cm³/mol. The molecule has 0 spiro atoms. The van der Waals surface area contributed by atoms with Crippen LogP contribution in [0.1, 0.15) is 19.4 Å². The van der Waals surface area contributed by atoms with Gasteiger partial charge in [0.2, 0.25) is 0 Å². The lowest BCUT2D eigenvalue weighted by Crippen LogP contribution is -2.48. The van der Waals surface area contributed by atoms with Crippen LogP contribution in [0, 0.1) is 23.7 Å². The molecule has 1 aliphatic rings. The summed E-state index contributed by atoms with van der Waals surface area (Å²) in [6.45, 7) is 6.68. The monoisotopic (exact) mass is 458 g/mol. The molecule has 174 valence electrons. The molecule has 0 radical (unpaired) electrons. The number of hydrogen-bond acceptors (Lipinski definition) is 7. The quantitative estimate of drug-likeness (QED) is 0.523. The Balaban J connectivity index is 1.61. The Hall–Kier alpha value is -4.08. The Kier molecular flexibility index (Phi) is 6.40. The van der Waals surface area contributed by atoms with E-state index in [2.05, 4.69) is 27.0 Å². The molecule has 1 aliphatic heterocycles. The van der Waals surface area contributed by atoms with Crippen LogP contribution < -0.4 is 9.64 Å². The van der Waals surface area contributed by atoms with E-state index in [1.165, 1.54) is 0 Å². The minimum Gasteiger partial charge on any atom is -0.489 e. The van der Waals surface area contributed by atoms with Crippen LogP contribution in [-0.4, -0.2) is 70.9 Å². The molecule has 3 aromatic heterocycles. The first kappa shape index (κ1) is 23.1. The van der Waals surface area contributed by atoms with Gasteiger partial charge in [-0.05, 0) is 38.0 Å². The van der Waals surface area contributed by atoms with Crippen molar-refractivity contribution in [2.45, 2.75) is 19.4 Å². The van der Waals surface area contributed by atoms with Gasteiger partial charge < -0.3 is 19.3 Å². The third-order valence-electron chi connectivity index (χ3n) is 5.92. The molecule has 0 aliphatic carbocycles. The van der Waals surface area contributed by atoms with Gasteiger partial charge in [-0.3, -0.25) is 4.79 Å². The van der Waals surface area contributed by atoms with E-state index in [0.717, 1.165) is 16.9 Å². The number of carbonyl (C=O) groups is 1. The molecule has 4 heterocycles. The van der Waals surface area contributed by atoms with Gasteiger partial charge in [-0.1, -0.05) is 0 Å². The van der Waals surface area contributed by atoms with Crippen LogP contribution in [0.5, 0.6) is 5.75 Å². The number of nitriles is 1. The van der Waals surface area contributed by atoms with Gasteiger partial charge in [0.25, 0.3) is 5.91 Å². The molecule has 34 heavy (non-hydrogen) atoms. The van der Waals surface area contributed by atoms with E-state index in [9.17, 15) is 10.1 Å². The van der Waals surface area contributed by atoms with Gasteiger partial charge in [-0.25, -0.2) is 9.50 Å². The molecule has 0 unspecified atom stereocenters. The number of carbonyl (C=O) groups excluding carboxylic acids is 1. The van der Waals surface area contributed by atoms with Crippen LogP contribution >= 0.6 is 0 Å². The van der Waals surface area contributed by atoms with Gasteiger partial charge in [-0.15, -0.1) is 6.42 Å². The van der Waals surface area contributed by atoms with Gasteiger partial charge in [0.15, 0.2) is 0 Å². The second kappa shape index (κ2) is 9.42. The fourth-order valence-electron chi connectivity index (χ4n) is 3.76. The van der Waals surface area contributed by atoms with Crippen molar-refractivity contribution in [2.24, 2.45) is 0 Å². The van der Waals surface area contributed by atoms with E-state index in [-0.39, 0.29) is 5.91 Å². The molecule has 1 amide bonds. The van der Waals surface area contributed by atoms with Gasteiger partial charge in [0.05, 0.1) is 29.1 Å².